The molecule has 0 heterocycles. The number of Topliss-reactive ketones (excluding diaryl/α,β-unsaturated/α-hetero) is 1. The molecule has 0 aliphatic rings. The number of carbonyl (C=O) groups excluding carboxylic acids is 1. The van der Waals surface area contributed by atoms with Crippen molar-refractivity contribution < 1.29 is 4.79 Å². The van der Waals surface area contributed by atoms with Crippen molar-refractivity contribution in [1.82, 2.24) is 0 Å². The standard InChI is InChI=1S/C15H12Br2O/c1-10-6-7-12(16)9-13(10)15(18)8-11-4-2-3-5-14(11)17/h2-7,9H,8H2,1H3. The highest BCUT2D eigenvalue weighted by Crippen LogP contribution is 2.21. The predicted octanol–water partition coefficient (Wildman–Crippen LogP) is 4.95. The van der Waals surface area contributed by atoms with Crippen LogP contribution in [0, 0.1) is 6.92 Å². The molecule has 2 rings (SSSR count). The number of benzene rings is 2. The molecule has 18 heavy (non-hydrogen) atoms. The molecule has 3 heteroatoms. The van der Waals surface area contributed by atoms with E-state index >= 15 is 0 Å². The van der Waals surface area contributed by atoms with Crippen molar-refractivity contribution in [1.29, 1.82) is 0 Å². The van der Waals surface area contributed by atoms with E-state index in [4.69, 9.17) is 0 Å². The summed E-state index contributed by atoms with van der Waals surface area (Å²) in [6, 6.07) is 13.6. The van der Waals surface area contributed by atoms with Gasteiger partial charge in [0, 0.05) is 20.9 Å². The van der Waals surface area contributed by atoms with Crippen LogP contribution >= 0.6 is 31.9 Å². The van der Waals surface area contributed by atoms with Crippen molar-refractivity contribution >= 4 is 37.6 Å². The predicted molar refractivity (Wildman–Crippen MR) is 81.1 cm³/mol. The van der Waals surface area contributed by atoms with Gasteiger partial charge in [0.2, 0.25) is 0 Å². The molecule has 0 aromatic heterocycles. The highest BCUT2D eigenvalue weighted by molar-refractivity contribution is 9.10. The van der Waals surface area contributed by atoms with E-state index < -0.39 is 0 Å². The molecule has 2 aromatic rings. The summed E-state index contributed by atoms with van der Waals surface area (Å²) >= 11 is 6.87. The van der Waals surface area contributed by atoms with Gasteiger partial charge in [0.15, 0.2) is 5.78 Å². The van der Waals surface area contributed by atoms with Gasteiger partial charge in [0.05, 0.1) is 0 Å². The van der Waals surface area contributed by atoms with E-state index in [2.05, 4.69) is 31.9 Å². The van der Waals surface area contributed by atoms with E-state index in [1.54, 1.807) is 0 Å². The number of ketones is 1. The first kappa shape index (κ1) is 13.5. The van der Waals surface area contributed by atoms with Gasteiger partial charge in [-0.3, -0.25) is 4.79 Å². The lowest BCUT2D eigenvalue weighted by Gasteiger charge is -2.07. The van der Waals surface area contributed by atoms with Crippen LogP contribution in [0.3, 0.4) is 0 Å². The van der Waals surface area contributed by atoms with Crippen LogP contribution < -0.4 is 0 Å². The van der Waals surface area contributed by atoms with Gasteiger partial charge in [-0.25, -0.2) is 0 Å². The Bertz CT molecular complexity index is 591. The number of aryl methyl sites for hydroxylation is 1. The summed E-state index contributed by atoms with van der Waals surface area (Å²) in [6.07, 6.45) is 0.415. The van der Waals surface area contributed by atoms with Crippen LogP contribution in [-0.4, -0.2) is 5.78 Å². The fourth-order valence-corrected chi connectivity index (χ4v) is 2.59. The minimum atomic E-state index is 0.140. The molecule has 0 bridgehead atoms. The number of hydrogen-bond donors (Lipinski definition) is 0. The smallest absolute Gasteiger partial charge is 0.167 e. The van der Waals surface area contributed by atoms with Crippen LogP contribution in [0.25, 0.3) is 0 Å². The number of rotatable bonds is 3. The summed E-state index contributed by atoms with van der Waals surface area (Å²) in [5, 5.41) is 0. The lowest BCUT2D eigenvalue weighted by molar-refractivity contribution is 0.0992. The van der Waals surface area contributed by atoms with Gasteiger partial charge in [-0.2, -0.15) is 0 Å². The van der Waals surface area contributed by atoms with E-state index in [-0.39, 0.29) is 5.78 Å². The van der Waals surface area contributed by atoms with Gasteiger partial charge in [-0.15, -0.1) is 0 Å². The molecule has 2 aromatic carbocycles. The Morgan fingerprint density at radius 2 is 1.83 bits per heavy atom. The Morgan fingerprint density at radius 1 is 1.11 bits per heavy atom. The summed E-state index contributed by atoms with van der Waals surface area (Å²) in [5.74, 6) is 0.140. The molecule has 0 radical (unpaired) electrons. The van der Waals surface area contributed by atoms with Crippen molar-refractivity contribution in [2.75, 3.05) is 0 Å². The van der Waals surface area contributed by atoms with Crippen molar-refractivity contribution in [2.24, 2.45) is 0 Å². The first-order chi connectivity index (χ1) is 8.58. The van der Waals surface area contributed by atoms with E-state index in [1.807, 2.05) is 49.4 Å². The SMILES string of the molecule is Cc1ccc(Br)cc1C(=O)Cc1ccccc1Br. The second-order valence-corrected chi connectivity index (χ2v) is 5.92. The molecule has 0 saturated carbocycles. The quantitative estimate of drug-likeness (QED) is 0.701. The van der Waals surface area contributed by atoms with Gasteiger partial charge >= 0.3 is 0 Å². The van der Waals surface area contributed by atoms with Crippen molar-refractivity contribution in [3.63, 3.8) is 0 Å². The molecular weight excluding hydrogens is 356 g/mol. The highest BCUT2D eigenvalue weighted by Gasteiger charge is 2.11. The molecule has 0 saturated heterocycles. The van der Waals surface area contributed by atoms with E-state index in [0.717, 1.165) is 25.6 Å². The van der Waals surface area contributed by atoms with Gasteiger partial charge in [0.1, 0.15) is 0 Å². The second kappa shape index (κ2) is 5.81. The van der Waals surface area contributed by atoms with Crippen molar-refractivity contribution in [2.45, 2.75) is 13.3 Å². The summed E-state index contributed by atoms with van der Waals surface area (Å²) in [5.41, 5.74) is 2.80. The van der Waals surface area contributed by atoms with Crippen molar-refractivity contribution in [3.8, 4) is 0 Å². The maximum Gasteiger partial charge on any atom is 0.167 e. The van der Waals surface area contributed by atoms with E-state index in [1.165, 1.54) is 0 Å². The maximum absolute atomic E-state index is 12.3. The van der Waals surface area contributed by atoms with E-state index in [0.29, 0.717) is 6.42 Å². The zero-order valence-electron chi connectivity index (χ0n) is 9.91. The van der Waals surface area contributed by atoms with Gasteiger partial charge < -0.3 is 0 Å². The maximum atomic E-state index is 12.3. The van der Waals surface area contributed by atoms with Crippen LogP contribution in [0.15, 0.2) is 51.4 Å². The van der Waals surface area contributed by atoms with Gasteiger partial charge in [-0.1, -0.05) is 56.1 Å². The van der Waals surface area contributed by atoms with Crippen LogP contribution in [0.5, 0.6) is 0 Å². The van der Waals surface area contributed by atoms with Crippen LogP contribution in [-0.2, 0) is 6.42 Å². The lowest BCUT2D eigenvalue weighted by Crippen LogP contribution is -2.06. The zero-order chi connectivity index (χ0) is 13.1. The molecule has 0 amide bonds. The molecule has 0 atom stereocenters. The monoisotopic (exact) mass is 366 g/mol. The molecule has 0 unspecified atom stereocenters. The first-order valence-electron chi connectivity index (χ1n) is 5.60. The average Bonchev–Trinajstić information content (AvgIpc) is 2.35. The third-order valence-corrected chi connectivity index (χ3v) is 4.08. The number of hydrogen-bond acceptors (Lipinski definition) is 1. The topological polar surface area (TPSA) is 17.1 Å². The Morgan fingerprint density at radius 3 is 2.56 bits per heavy atom. The molecule has 1 nitrogen and oxygen atoms in total. The fraction of sp³-hybridized carbons (Fsp3) is 0.133. The molecule has 0 aliphatic heterocycles. The molecule has 0 aliphatic carbocycles. The lowest BCUT2D eigenvalue weighted by atomic mass is 9.99. The minimum absolute atomic E-state index is 0.140. The van der Waals surface area contributed by atoms with Gasteiger partial charge in [0.25, 0.3) is 0 Å². The van der Waals surface area contributed by atoms with E-state index in [9.17, 15) is 4.79 Å². The minimum Gasteiger partial charge on any atom is -0.294 e. The van der Waals surface area contributed by atoms with Crippen molar-refractivity contribution in [3.05, 3.63) is 68.1 Å². The number of halogens is 2. The summed E-state index contributed by atoms with van der Waals surface area (Å²) in [4.78, 5) is 12.3. The molecule has 0 spiro atoms. The molecule has 0 N–H and O–H groups in total. The second-order valence-electron chi connectivity index (χ2n) is 4.15. The first-order valence-corrected chi connectivity index (χ1v) is 7.19. The summed E-state index contributed by atoms with van der Waals surface area (Å²) in [6.45, 7) is 1.96. The zero-order valence-corrected chi connectivity index (χ0v) is 13.1. The third kappa shape index (κ3) is 3.09. The Balaban J connectivity index is 2.28. The Kier molecular flexibility index (Phi) is 4.36. The molecule has 0 fully saturated rings. The molecule has 92 valence electrons. The largest absolute Gasteiger partial charge is 0.294 e. The fourth-order valence-electron chi connectivity index (χ4n) is 1.80. The highest BCUT2D eigenvalue weighted by atomic mass is 79.9. The normalized spacial score (nSPS) is 10.4. The summed E-state index contributed by atoms with van der Waals surface area (Å²) < 4.78 is 1.91. The average molecular weight is 368 g/mol. The summed E-state index contributed by atoms with van der Waals surface area (Å²) in [7, 11) is 0. The van der Waals surface area contributed by atoms with Crippen LogP contribution in [0.4, 0.5) is 0 Å². The Hall–Kier alpha value is -0.930. The third-order valence-electron chi connectivity index (χ3n) is 2.81. The molecular formula is C15H12Br2O. The van der Waals surface area contributed by atoms with Gasteiger partial charge in [-0.05, 0) is 36.2 Å². The number of carbonyl (C=O) groups is 1. The van der Waals surface area contributed by atoms with Crippen LogP contribution in [0.2, 0.25) is 0 Å². The van der Waals surface area contributed by atoms with Crippen LogP contribution in [0.1, 0.15) is 21.5 Å². The Labute approximate surface area is 123 Å².